The number of carbonyl (C=O) groups excluding carboxylic acids is 3. The highest BCUT2D eigenvalue weighted by Gasteiger charge is 2.19. The van der Waals surface area contributed by atoms with Crippen LogP contribution in [-0.2, 0) is 19.1 Å². The molecule has 1 saturated heterocycles. The number of thiophene rings is 1. The molecule has 3 heterocycles. The first-order chi connectivity index (χ1) is 13.2. The second-order valence-corrected chi connectivity index (χ2v) is 12.7. The summed E-state index contributed by atoms with van der Waals surface area (Å²) in [5, 5.41) is 15.0. The van der Waals surface area contributed by atoms with Crippen LogP contribution >= 0.6 is 53.2 Å². The van der Waals surface area contributed by atoms with Gasteiger partial charge in [0, 0.05) is 6.42 Å². The normalized spacial score (nSPS) is 13.0. The number of carbonyl (C=O) groups is 4. The fourth-order valence-electron chi connectivity index (χ4n) is 1.41. The van der Waals surface area contributed by atoms with Crippen LogP contribution in [0.25, 0.3) is 0 Å². The second-order valence-electron chi connectivity index (χ2n) is 4.62. The molecule has 0 bridgehead atoms. The van der Waals surface area contributed by atoms with Crippen molar-refractivity contribution in [2.24, 2.45) is 0 Å². The first kappa shape index (κ1) is 27.1. The Kier molecular flexibility index (Phi) is 16.5. The summed E-state index contributed by atoms with van der Waals surface area (Å²) in [5.41, 5.74) is 0. The van der Waals surface area contributed by atoms with Crippen LogP contribution in [0.2, 0.25) is 0 Å². The van der Waals surface area contributed by atoms with E-state index in [-0.39, 0.29) is 31.5 Å². The zero-order valence-electron chi connectivity index (χ0n) is 14.3. The minimum Gasteiger partial charge on any atom is -0.481 e. The van der Waals surface area contributed by atoms with Gasteiger partial charge in [-0.3, -0.25) is 19.2 Å². The van der Waals surface area contributed by atoms with E-state index >= 15 is 0 Å². The number of ketones is 1. The van der Waals surface area contributed by atoms with E-state index < -0.39 is 29.3 Å². The van der Waals surface area contributed by atoms with E-state index in [1.165, 1.54) is 11.3 Å². The van der Waals surface area contributed by atoms with Crippen LogP contribution in [0.1, 0.15) is 35.4 Å². The van der Waals surface area contributed by atoms with Crippen LogP contribution in [0.3, 0.4) is 0 Å². The lowest BCUT2D eigenvalue weighted by atomic mass is 10.2. The molecule has 1 fully saturated rings. The van der Waals surface area contributed by atoms with Gasteiger partial charge in [0.1, 0.15) is 5.41 Å². The Labute approximate surface area is 187 Å². The summed E-state index contributed by atoms with van der Waals surface area (Å²) < 4.78 is 4.08. The van der Waals surface area contributed by atoms with E-state index in [0.29, 0.717) is 4.88 Å². The summed E-state index contributed by atoms with van der Waals surface area (Å²) in [6, 6.07) is 3.48. The molecule has 2 aliphatic rings. The quantitative estimate of drug-likeness (QED) is 0.206. The van der Waals surface area contributed by atoms with Crippen molar-refractivity contribution in [1.82, 2.24) is 0 Å². The highest BCUT2D eigenvalue weighted by molar-refractivity contribution is 8.03. The Hall–Kier alpha value is -0.878. The standard InChI is InChI=1S/C8H8O3S.C4H4O3.C4H3S.Al.3ClH/c9-6(3-4-8(10)11)7-2-1-5-12-7;5-3-1-2-4(6)7-3;1-2-4-5-3-1;;;;/h1-2,5H,3-4H2,(H,10,11);1-2H2;1-3H;;3*1H/q;;+1;+3;;;/p-3. The topological polar surface area (TPSA) is 97.7 Å². The summed E-state index contributed by atoms with van der Waals surface area (Å²) in [6.45, 7) is 0. The smallest absolute Gasteiger partial charge is 0.481 e. The first-order valence-electron chi connectivity index (χ1n) is 7.56. The molecule has 0 saturated carbocycles. The molecule has 0 aliphatic carbocycles. The minimum atomic E-state index is -1.72. The predicted octanol–water partition coefficient (Wildman–Crippen LogP) is 4.90. The van der Waals surface area contributed by atoms with Crippen molar-refractivity contribution in [3.8, 4) is 0 Å². The molecule has 6 nitrogen and oxygen atoms in total. The molecule has 0 radical (unpaired) electrons. The molecule has 1 aromatic rings. The second kappa shape index (κ2) is 17.0. The third-order valence-corrected chi connectivity index (χ3v) is 3.98. The van der Waals surface area contributed by atoms with Gasteiger partial charge in [-0.25, -0.2) is 30.1 Å². The molecule has 1 aromatic heterocycles. The molecule has 28 heavy (non-hydrogen) atoms. The summed E-state index contributed by atoms with van der Waals surface area (Å²) in [4.78, 5) is 41.9. The third kappa shape index (κ3) is 17.2. The van der Waals surface area contributed by atoms with Crippen molar-refractivity contribution in [3.63, 3.8) is 0 Å². The van der Waals surface area contributed by atoms with Crippen molar-refractivity contribution in [2.75, 3.05) is 0 Å². The average molecular weight is 501 g/mol. The van der Waals surface area contributed by atoms with E-state index in [1.54, 1.807) is 29.3 Å². The summed E-state index contributed by atoms with van der Waals surface area (Å²) in [6.07, 6.45) is 4.39. The lowest BCUT2D eigenvalue weighted by Crippen LogP contribution is -2.01. The van der Waals surface area contributed by atoms with E-state index in [2.05, 4.69) is 10.1 Å². The number of thioether (sulfide) groups is 1. The number of Topliss-reactive ketones (excluding diaryl/α,β-unsaturated/α-hetero) is 1. The number of rotatable bonds is 4. The molecular formula is C16H15AlCl3O6S2+. The largest absolute Gasteiger partial charge is 0.643 e. The van der Waals surface area contributed by atoms with Gasteiger partial charge < -0.3 is 9.84 Å². The van der Waals surface area contributed by atoms with Gasteiger partial charge in [0.2, 0.25) is 0 Å². The molecule has 3 rings (SSSR count). The maximum absolute atomic E-state index is 11.2. The Balaban J connectivity index is 0.000000385. The van der Waals surface area contributed by atoms with Crippen LogP contribution in [0.5, 0.6) is 0 Å². The summed E-state index contributed by atoms with van der Waals surface area (Å²) >= 11 is 1.21. The maximum atomic E-state index is 11.2. The number of halogens is 3. The van der Waals surface area contributed by atoms with Crippen molar-refractivity contribution >= 4 is 88.3 Å². The lowest BCUT2D eigenvalue weighted by molar-refractivity contribution is -0.152. The van der Waals surface area contributed by atoms with Crippen molar-refractivity contribution in [1.29, 1.82) is 0 Å². The Bertz CT molecular complexity index is 666. The highest BCUT2D eigenvalue weighted by atomic mass is 35.8. The Morgan fingerprint density at radius 1 is 1.18 bits per heavy atom. The highest BCUT2D eigenvalue weighted by Crippen LogP contribution is 2.12. The van der Waals surface area contributed by atoms with Crippen molar-refractivity contribution in [2.45, 2.75) is 25.7 Å². The molecule has 2 aliphatic heterocycles. The predicted molar refractivity (Wildman–Crippen MR) is 114 cm³/mol. The van der Waals surface area contributed by atoms with E-state index in [9.17, 15) is 19.2 Å². The number of cyclic esters (lactones) is 2. The monoisotopic (exact) mass is 499 g/mol. The average Bonchev–Trinajstić information content (AvgIpc) is 3.37. The van der Waals surface area contributed by atoms with Crippen LogP contribution in [-0.4, -0.2) is 40.2 Å². The van der Waals surface area contributed by atoms with E-state index in [4.69, 9.17) is 35.3 Å². The molecule has 150 valence electrons. The summed E-state index contributed by atoms with van der Waals surface area (Å²) in [7, 11) is 14.8. The number of carboxylic acid groups (broad SMARTS) is 1. The number of hydrogen-bond acceptors (Lipinski definition) is 7. The zero-order chi connectivity index (χ0) is 21.4. The Morgan fingerprint density at radius 3 is 2.07 bits per heavy atom. The zero-order valence-corrected chi connectivity index (χ0v) is 19.4. The van der Waals surface area contributed by atoms with Crippen LogP contribution < -0.4 is 0 Å². The number of hydrogen-bond donors (Lipinski definition) is 1. The number of carboxylic acids is 1. The molecule has 0 spiro atoms. The van der Waals surface area contributed by atoms with Gasteiger partial charge >= 0.3 is 29.3 Å². The van der Waals surface area contributed by atoms with Gasteiger partial charge in [0.05, 0.1) is 47.4 Å². The molecule has 0 atom stereocenters. The molecular weight excluding hydrogens is 486 g/mol. The van der Waals surface area contributed by atoms with Crippen LogP contribution in [0.4, 0.5) is 0 Å². The fourth-order valence-corrected chi connectivity index (χ4v) is 2.50. The van der Waals surface area contributed by atoms with Crippen molar-refractivity contribution < 1.29 is 29.0 Å². The van der Waals surface area contributed by atoms with Crippen LogP contribution in [0, 0.1) is 5.41 Å². The Morgan fingerprint density at radius 2 is 1.79 bits per heavy atom. The molecule has 0 unspecified atom stereocenters. The number of allylic oxidation sites excluding steroid dienone is 2. The van der Waals surface area contributed by atoms with Crippen molar-refractivity contribution in [3.05, 3.63) is 45.4 Å². The number of aliphatic carboxylic acids is 1. The molecule has 12 heteroatoms. The lowest BCUT2D eigenvalue weighted by Gasteiger charge is -1.92. The molecule has 0 aromatic carbocycles. The number of esters is 2. The maximum Gasteiger partial charge on any atom is 0.643 e. The molecule has 1 N–H and O–H groups in total. The first-order valence-corrected chi connectivity index (χ1v) is 14.6. The SMILES string of the molecule is O=C(O)CCC(=O)c1cccs1.O=C1CCC(=O)O1.[C+]1=CC=CS1.[Cl][Al]([Cl])[Cl]. The fraction of sp³-hybridized carbons (Fsp3) is 0.250. The van der Waals surface area contributed by atoms with Gasteiger partial charge in [0.25, 0.3) is 0 Å². The van der Waals surface area contributed by atoms with E-state index in [0.717, 1.165) is 0 Å². The molecule has 0 amide bonds. The van der Waals surface area contributed by atoms with Gasteiger partial charge in [0.15, 0.2) is 11.9 Å². The van der Waals surface area contributed by atoms with E-state index in [1.807, 2.05) is 17.6 Å². The summed E-state index contributed by atoms with van der Waals surface area (Å²) in [5.74, 6) is -1.82. The van der Waals surface area contributed by atoms with Gasteiger partial charge in [-0.15, -0.1) is 11.3 Å². The minimum absolute atomic E-state index is 0.0866. The third-order valence-electron chi connectivity index (χ3n) is 2.50. The van der Waals surface area contributed by atoms with Gasteiger partial charge in [-0.1, -0.05) is 6.07 Å². The number of ether oxygens (including phenoxy) is 1. The van der Waals surface area contributed by atoms with Gasteiger partial charge in [-0.2, -0.15) is 0 Å². The van der Waals surface area contributed by atoms with Gasteiger partial charge in [-0.05, 0) is 11.4 Å². The van der Waals surface area contributed by atoms with Crippen LogP contribution in [0.15, 0.2) is 35.1 Å².